The smallest absolute Gasteiger partial charge is 0.242 e. The van der Waals surface area contributed by atoms with E-state index in [0.29, 0.717) is 19.5 Å². The fourth-order valence-electron chi connectivity index (χ4n) is 7.00. The van der Waals surface area contributed by atoms with Crippen LogP contribution >= 0.6 is 27.5 Å². The molecule has 2 atom stereocenters. The van der Waals surface area contributed by atoms with Gasteiger partial charge in [-0.25, -0.2) is 0 Å². The lowest BCUT2D eigenvalue weighted by atomic mass is 9.67. The van der Waals surface area contributed by atoms with Crippen molar-refractivity contribution < 1.29 is 9.59 Å². The van der Waals surface area contributed by atoms with Gasteiger partial charge in [-0.05, 0) is 79.0 Å². The van der Waals surface area contributed by atoms with Crippen LogP contribution in [0.3, 0.4) is 0 Å². The molecule has 0 aromatic heterocycles. The molecule has 5 aliphatic rings. The van der Waals surface area contributed by atoms with Crippen LogP contribution in [0.15, 0.2) is 22.7 Å². The Labute approximate surface area is 198 Å². The van der Waals surface area contributed by atoms with E-state index in [1.807, 2.05) is 17.0 Å². The molecule has 1 aromatic carbocycles. The molecule has 0 radical (unpaired) electrons. The highest BCUT2D eigenvalue weighted by molar-refractivity contribution is 9.10. The third kappa shape index (κ3) is 4.81. The fraction of sp³-hybridized carbons (Fsp3) is 0.667. The minimum Gasteiger partial charge on any atom is -0.347 e. The van der Waals surface area contributed by atoms with E-state index in [1.54, 1.807) is 0 Å². The molecule has 1 heterocycles. The molecule has 6 rings (SSSR count). The van der Waals surface area contributed by atoms with Gasteiger partial charge < -0.3 is 10.2 Å². The first-order valence-corrected chi connectivity index (χ1v) is 12.8. The normalized spacial score (nSPS) is 31.9. The van der Waals surface area contributed by atoms with Crippen LogP contribution in [0.4, 0.5) is 0 Å². The first-order chi connectivity index (χ1) is 14.9. The Morgan fingerprint density at radius 2 is 1.77 bits per heavy atom. The highest BCUT2D eigenvalue weighted by atomic mass is 79.9. The summed E-state index contributed by atoms with van der Waals surface area (Å²) >= 11 is 9.64. The number of hydrogen-bond donors (Lipinski definition) is 1. The van der Waals surface area contributed by atoms with Crippen LogP contribution in [0.1, 0.15) is 44.1 Å². The summed E-state index contributed by atoms with van der Waals surface area (Å²) < 4.78 is 0.984. The van der Waals surface area contributed by atoms with Gasteiger partial charge in [0.15, 0.2) is 0 Å². The van der Waals surface area contributed by atoms with E-state index >= 15 is 0 Å². The number of halogens is 2. The van der Waals surface area contributed by atoms with Gasteiger partial charge >= 0.3 is 0 Å². The summed E-state index contributed by atoms with van der Waals surface area (Å²) in [5.41, 5.74) is 1.41. The monoisotopic (exact) mass is 507 g/mol. The molecule has 1 aromatic rings. The van der Waals surface area contributed by atoms with Crippen molar-refractivity contribution in [1.29, 1.82) is 0 Å². The number of carbonyl (C=O) groups excluding carboxylic acids is 2. The molecule has 7 heteroatoms. The Morgan fingerprint density at radius 1 is 1.06 bits per heavy atom. The molecule has 0 spiro atoms. The lowest BCUT2D eigenvalue weighted by Gasteiger charge is -2.38. The van der Waals surface area contributed by atoms with Gasteiger partial charge in [0.1, 0.15) is 0 Å². The Morgan fingerprint density at radius 3 is 2.42 bits per heavy atom. The third-order valence-corrected chi connectivity index (χ3v) is 8.75. The number of rotatable bonds is 6. The van der Waals surface area contributed by atoms with Crippen molar-refractivity contribution in [1.82, 2.24) is 15.1 Å². The predicted octanol–water partition coefficient (Wildman–Crippen LogP) is 4.08. The summed E-state index contributed by atoms with van der Waals surface area (Å²) in [6, 6.07) is 5.96. The lowest BCUT2D eigenvalue weighted by Crippen LogP contribution is -2.51. The molecular formula is C24H31BrClN3O2. The second kappa shape index (κ2) is 8.68. The number of benzene rings is 1. The molecule has 5 fully saturated rings. The van der Waals surface area contributed by atoms with Gasteiger partial charge in [-0.1, -0.05) is 27.5 Å². The molecular weight excluding hydrogens is 478 g/mol. The van der Waals surface area contributed by atoms with Crippen molar-refractivity contribution in [3.63, 3.8) is 0 Å². The van der Waals surface area contributed by atoms with E-state index in [1.165, 1.54) is 37.7 Å². The second-order valence-corrected chi connectivity index (χ2v) is 11.7. The number of nitrogens with zero attached hydrogens (tertiary/aromatic N) is 2. The summed E-state index contributed by atoms with van der Waals surface area (Å²) in [4.78, 5) is 29.5. The molecule has 4 saturated carbocycles. The highest BCUT2D eigenvalue weighted by Crippen LogP contribution is 2.65. The van der Waals surface area contributed by atoms with Crippen LogP contribution in [0.2, 0.25) is 5.02 Å². The van der Waals surface area contributed by atoms with E-state index in [-0.39, 0.29) is 23.8 Å². The van der Waals surface area contributed by atoms with Crippen molar-refractivity contribution in [2.75, 3.05) is 32.7 Å². The summed E-state index contributed by atoms with van der Waals surface area (Å²) in [6.07, 6.45) is 7.11. The van der Waals surface area contributed by atoms with Gasteiger partial charge in [0.25, 0.3) is 0 Å². The SMILES string of the molecule is O=C(CC12CC3CC(C1)C(C3)C2)NCC(=O)N1CCN(Cc2cc(Cl)cc(Br)c2)CC1. The van der Waals surface area contributed by atoms with E-state index in [2.05, 4.69) is 32.2 Å². The van der Waals surface area contributed by atoms with E-state index < -0.39 is 0 Å². The molecule has 1 saturated heterocycles. The standard InChI is InChI=1S/C24H31BrClN3O2/c25-20-7-17(8-21(26)9-20)15-28-1-3-29(4-2-28)23(31)14-27-22(30)13-24-10-16-5-18(11-24)19(6-16)12-24/h7-9,16,18-19H,1-6,10-15H2,(H,27,30). The van der Waals surface area contributed by atoms with Gasteiger partial charge in [0, 0.05) is 48.6 Å². The molecule has 4 aliphatic carbocycles. The van der Waals surface area contributed by atoms with Gasteiger partial charge in [-0.3, -0.25) is 14.5 Å². The number of piperazine rings is 1. The number of amides is 2. The van der Waals surface area contributed by atoms with Crippen molar-refractivity contribution in [3.05, 3.63) is 33.3 Å². The maximum atomic E-state index is 12.6. The molecule has 2 amide bonds. The molecule has 168 valence electrons. The number of carbonyl (C=O) groups is 2. The Bertz CT molecular complexity index is 831. The van der Waals surface area contributed by atoms with Crippen LogP contribution in [0.25, 0.3) is 0 Å². The van der Waals surface area contributed by atoms with Crippen LogP contribution in [0.5, 0.6) is 0 Å². The Balaban J connectivity index is 1.05. The summed E-state index contributed by atoms with van der Waals surface area (Å²) in [5, 5.41) is 3.66. The minimum atomic E-state index is 0.0341. The summed E-state index contributed by atoms with van der Waals surface area (Å²) in [6.45, 7) is 4.01. The third-order valence-electron chi connectivity index (χ3n) is 8.08. The maximum absolute atomic E-state index is 12.6. The van der Waals surface area contributed by atoms with Crippen LogP contribution < -0.4 is 5.32 Å². The Kier molecular flexibility index (Phi) is 6.08. The first-order valence-electron chi connectivity index (χ1n) is 11.6. The molecule has 4 bridgehead atoms. The quantitative estimate of drug-likeness (QED) is 0.630. The van der Waals surface area contributed by atoms with Crippen molar-refractivity contribution >= 4 is 39.3 Å². The highest BCUT2D eigenvalue weighted by Gasteiger charge is 2.56. The van der Waals surface area contributed by atoms with Crippen LogP contribution in [-0.4, -0.2) is 54.3 Å². The molecule has 1 aliphatic heterocycles. The van der Waals surface area contributed by atoms with E-state index in [9.17, 15) is 9.59 Å². The number of hydrogen-bond acceptors (Lipinski definition) is 3. The van der Waals surface area contributed by atoms with E-state index in [0.717, 1.165) is 46.9 Å². The largest absolute Gasteiger partial charge is 0.347 e. The van der Waals surface area contributed by atoms with Gasteiger partial charge in [0.2, 0.25) is 11.8 Å². The lowest BCUT2D eigenvalue weighted by molar-refractivity contribution is -0.135. The average molecular weight is 509 g/mol. The van der Waals surface area contributed by atoms with Crippen LogP contribution in [0, 0.1) is 23.2 Å². The fourth-order valence-corrected chi connectivity index (χ4v) is 7.93. The Hall–Kier alpha value is -1.11. The van der Waals surface area contributed by atoms with Crippen molar-refractivity contribution in [2.45, 2.75) is 45.1 Å². The molecule has 31 heavy (non-hydrogen) atoms. The number of nitrogens with one attached hydrogen (secondary N) is 1. The summed E-state index contributed by atoms with van der Waals surface area (Å²) in [7, 11) is 0. The van der Waals surface area contributed by atoms with Crippen molar-refractivity contribution in [3.8, 4) is 0 Å². The van der Waals surface area contributed by atoms with Gasteiger partial charge in [-0.15, -0.1) is 0 Å². The van der Waals surface area contributed by atoms with E-state index in [4.69, 9.17) is 11.6 Å². The van der Waals surface area contributed by atoms with Gasteiger partial charge in [-0.2, -0.15) is 0 Å². The molecule has 2 unspecified atom stereocenters. The predicted molar refractivity (Wildman–Crippen MR) is 125 cm³/mol. The zero-order valence-electron chi connectivity index (χ0n) is 17.9. The first kappa shape index (κ1) is 21.7. The minimum absolute atomic E-state index is 0.0341. The zero-order chi connectivity index (χ0) is 21.6. The molecule has 5 nitrogen and oxygen atoms in total. The second-order valence-electron chi connectivity index (χ2n) is 10.4. The maximum Gasteiger partial charge on any atom is 0.242 e. The van der Waals surface area contributed by atoms with Gasteiger partial charge in [0.05, 0.1) is 6.54 Å². The van der Waals surface area contributed by atoms with Crippen LogP contribution in [-0.2, 0) is 16.1 Å². The topological polar surface area (TPSA) is 52.7 Å². The summed E-state index contributed by atoms with van der Waals surface area (Å²) in [5.74, 6) is 2.71. The molecule has 1 N–H and O–H groups in total. The zero-order valence-corrected chi connectivity index (χ0v) is 20.3. The van der Waals surface area contributed by atoms with Crippen molar-refractivity contribution in [2.24, 2.45) is 23.2 Å². The average Bonchev–Trinajstić information content (AvgIpc) is 3.12.